The number of carboxylic acid groups (broad SMARTS) is 1. The maximum Gasteiger partial charge on any atom is 0.453 e. The fraction of sp³-hybridized carbons (Fsp3) is 0.296. The van der Waals surface area contributed by atoms with E-state index in [2.05, 4.69) is 20.4 Å². The van der Waals surface area contributed by atoms with E-state index in [9.17, 15) is 31.5 Å². The van der Waals surface area contributed by atoms with Crippen LogP contribution in [0.3, 0.4) is 0 Å². The molecule has 0 bridgehead atoms. The molecule has 5 rings (SSSR count). The molecule has 3 heterocycles. The van der Waals surface area contributed by atoms with Gasteiger partial charge in [0.2, 0.25) is 5.91 Å². The molecule has 2 aromatic carbocycles. The molecule has 0 radical (unpaired) electrons. The third kappa shape index (κ3) is 4.99. The molecular formula is C27H22ClF5N6O3. The number of halogens is 6. The zero-order chi connectivity index (χ0) is 30.6. The van der Waals surface area contributed by atoms with Crippen LogP contribution in [-0.4, -0.2) is 48.8 Å². The number of nitrogens with two attached hydrogens (primary N) is 1. The summed E-state index contributed by atoms with van der Waals surface area (Å²) in [6.07, 6.45) is -7.03. The minimum absolute atomic E-state index is 0.0390. The number of hydrogen-bond donors (Lipinski definition) is 3. The molecule has 4 N–H and O–H groups in total. The van der Waals surface area contributed by atoms with E-state index in [0.29, 0.717) is 17.4 Å². The van der Waals surface area contributed by atoms with Crippen molar-refractivity contribution in [2.45, 2.75) is 50.2 Å². The number of amides is 1. The Kier molecular flexibility index (Phi) is 7.08. The van der Waals surface area contributed by atoms with Crippen LogP contribution in [0.5, 0.6) is 0 Å². The van der Waals surface area contributed by atoms with Gasteiger partial charge >= 0.3 is 18.1 Å². The van der Waals surface area contributed by atoms with Gasteiger partial charge in [0, 0.05) is 29.8 Å². The smallest absolute Gasteiger partial charge is 0.453 e. The van der Waals surface area contributed by atoms with Crippen LogP contribution in [0, 0.1) is 0 Å². The number of nitrogens with one attached hydrogen (secondary N) is 1. The van der Waals surface area contributed by atoms with Gasteiger partial charge in [-0.1, -0.05) is 35.9 Å². The molecule has 0 saturated carbocycles. The number of aliphatic carboxylic acids is 1. The number of aromatic nitrogens is 4. The van der Waals surface area contributed by atoms with Crippen molar-refractivity contribution in [3.05, 3.63) is 64.2 Å². The molecule has 1 amide bonds. The SMILES string of the molecule is C[C@@]1(c2ccc(CCC(=O)O)cc2)C(=O)Nc2nc(-c3nn(CCC(F)(F)C(F)(F)F)c4cc(Cl)ccc34)nc(N)c21. The van der Waals surface area contributed by atoms with Gasteiger partial charge in [0.15, 0.2) is 5.82 Å². The zero-order valence-electron chi connectivity index (χ0n) is 21.8. The highest BCUT2D eigenvalue weighted by Crippen LogP contribution is 2.45. The summed E-state index contributed by atoms with van der Waals surface area (Å²) < 4.78 is 66.6. The van der Waals surface area contributed by atoms with E-state index in [4.69, 9.17) is 22.4 Å². The number of carboxylic acids is 1. The van der Waals surface area contributed by atoms with Crippen molar-refractivity contribution in [1.82, 2.24) is 19.7 Å². The lowest BCUT2D eigenvalue weighted by Crippen LogP contribution is -2.37. The van der Waals surface area contributed by atoms with Crippen LogP contribution in [0.2, 0.25) is 5.02 Å². The van der Waals surface area contributed by atoms with Crippen molar-refractivity contribution in [1.29, 1.82) is 0 Å². The van der Waals surface area contributed by atoms with Crippen LogP contribution >= 0.6 is 11.6 Å². The molecule has 2 aromatic heterocycles. The average Bonchev–Trinajstić information content (AvgIpc) is 3.40. The van der Waals surface area contributed by atoms with E-state index < -0.39 is 42.4 Å². The third-order valence-electron chi connectivity index (χ3n) is 7.26. The summed E-state index contributed by atoms with van der Waals surface area (Å²) in [4.78, 5) is 32.9. The predicted octanol–water partition coefficient (Wildman–Crippen LogP) is 5.59. The zero-order valence-corrected chi connectivity index (χ0v) is 22.5. The van der Waals surface area contributed by atoms with Crippen LogP contribution in [0.15, 0.2) is 42.5 Å². The van der Waals surface area contributed by atoms with Crippen molar-refractivity contribution >= 4 is 46.0 Å². The van der Waals surface area contributed by atoms with Gasteiger partial charge in [0.1, 0.15) is 22.7 Å². The van der Waals surface area contributed by atoms with Gasteiger partial charge in [-0.15, -0.1) is 0 Å². The lowest BCUT2D eigenvalue weighted by molar-refractivity contribution is -0.285. The summed E-state index contributed by atoms with van der Waals surface area (Å²) in [5, 5.41) is 16.4. The average molecular weight is 609 g/mol. The molecule has 0 aliphatic carbocycles. The van der Waals surface area contributed by atoms with Crippen molar-refractivity contribution in [2.75, 3.05) is 11.1 Å². The molecule has 0 fully saturated rings. The predicted molar refractivity (Wildman–Crippen MR) is 143 cm³/mol. The normalized spacial score (nSPS) is 17.0. The number of anilines is 2. The first-order valence-corrected chi connectivity index (χ1v) is 12.9. The summed E-state index contributed by atoms with van der Waals surface area (Å²) in [6.45, 7) is 0.841. The Morgan fingerprint density at radius 2 is 1.81 bits per heavy atom. The van der Waals surface area contributed by atoms with Crippen LogP contribution in [-0.2, 0) is 28.0 Å². The lowest BCUT2D eigenvalue weighted by atomic mass is 9.77. The first kappa shape index (κ1) is 29.2. The molecule has 0 spiro atoms. The first-order valence-electron chi connectivity index (χ1n) is 12.5. The molecule has 1 aliphatic heterocycles. The van der Waals surface area contributed by atoms with Gasteiger partial charge in [0.05, 0.1) is 11.1 Å². The Balaban J connectivity index is 1.54. The fourth-order valence-corrected chi connectivity index (χ4v) is 5.08. The Hall–Kier alpha value is -4.33. The fourth-order valence-electron chi connectivity index (χ4n) is 4.92. The standard InChI is InChI=1S/C27H22ClF5N6O3/c1-25(14-5-2-13(3-6-14)4-9-18(40)41)19-21(34)35-23(36-22(19)37-24(25)42)20-16-8-7-15(28)12-17(16)39(38-20)11-10-26(29,30)27(31,32)33/h2-3,5-8,12H,4,9-11H2,1H3,(H,40,41)(H3,34,35,36,37,42)/t25-/m0/s1. The van der Waals surface area contributed by atoms with Crippen LogP contribution in [0.4, 0.5) is 33.6 Å². The number of nitrogens with zero attached hydrogens (tertiary/aromatic N) is 4. The second kappa shape index (κ2) is 10.2. The molecule has 42 heavy (non-hydrogen) atoms. The summed E-state index contributed by atoms with van der Waals surface area (Å²) in [6, 6.07) is 11.2. The maximum atomic E-state index is 13.7. The van der Waals surface area contributed by atoms with Gasteiger partial charge < -0.3 is 16.2 Å². The van der Waals surface area contributed by atoms with E-state index >= 15 is 0 Å². The molecule has 0 saturated heterocycles. The van der Waals surface area contributed by atoms with Crippen LogP contribution in [0.1, 0.15) is 36.5 Å². The van der Waals surface area contributed by atoms with Gasteiger partial charge in [-0.3, -0.25) is 14.3 Å². The van der Waals surface area contributed by atoms with E-state index in [1.165, 1.54) is 18.2 Å². The van der Waals surface area contributed by atoms with Crippen molar-refractivity contribution in [3.8, 4) is 11.5 Å². The number of fused-ring (bicyclic) bond motifs is 2. The quantitative estimate of drug-likeness (QED) is 0.222. The molecule has 1 aliphatic rings. The van der Waals surface area contributed by atoms with E-state index in [0.717, 1.165) is 10.2 Å². The number of carbonyl (C=O) groups is 2. The third-order valence-corrected chi connectivity index (χ3v) is 7.49. The van der Waals surface area contributed by atoms with Crippen molar-refractivity contribution in [3.63, 3.8) is 0 Å². The molecule has 220 valence electrons. The second-order valence-corrected chi connectivity index (χ2v) is 10.4. The Morgan fingerprint density at radius 3 is 2.45 bits per heavy atom. The van der Waals surface area contributed by atoms with Gasteiger partial charge in [0.25, 0.3) is 0 Å². The molecule has 15 heteroatoms. The van der Waals surface area contributed by atoms with Gasteiger partial charge in [-0.25, -0.2) is 9.97 Å². The summed E-state index contributed by atoms with van der Waals surface area (Å²) in [5.41, 5.74) is 6.85. The number of rotatable bonds is 8. The second-order valence-electron chi connectivity index (χ2n) is 10.0. The highest BCUT2D eigenvalue weighted by Gasteiger charge is 2.56. The molecule has 1 atom stereocenters. The number of aryl methyl sites for hydroxylation is 2. The number of hydrogen-bond acceptors (Lipinski definition) is 6. The van der Waals surface area contributed by atoms with Crippen LogP contribution in [0.25, 0.3) is 22.4 Å². The minimum Gasteiger partial charge on any atom is -0.481 e. The topological polar surface area (TPSA) is 136 Å². The number of benzene rings is 2. The first-order chi connectivity index (χ1) is 19.6. The molecule has 4 aromatic rings. The number of carbonyl (C=O) groups excluding carboxylic acids is 1. The highest BCUT2D eigenvalue weighted by molar-refractivity contribution is 6.31. The summed E-state index contributed by atoms with van der Waals surface area (Å²) in [5.74, 6) is -6.41. The summed E-state index contributed by atoms with van der Waals surface area (Å²) in [7, 11) is 0. The lowest BCUT2D eigenvalue weighted by Gasteiger charge is -2.23. The Bertz CT molecular complexity index is 1720. The molecular weight excluding hydrogens is 587 g/mol. The van der Waals surface area contributed by atoms with E-state index in [-0.39, 0.29) is 45.7 Å². The van der Waals surface area contributed by atoms with Gasteiger partial charge in [-0.05, 0) is 42.7 Å². The maximum absolute atomic E-state index is 13.7. The summed E-state index contributed by atoms with van der Waals surface area (Å²) >= 11 is 6.06. The van der Waals surface area contributed by atoms with Gasteiger partial charge in [-0.2, -0.15) is 27.1 Å². The molecule has 0 unspecified atom stereocenters. The largest absolute Gasteiger partial charge is 0.481 e. The van der Waals surface area contributed by atoms with Crippen molar-refractivity contribution in [2.24, 2.45) is 0 Å². The van der Waals surface area contributed by atoms with E-state index in [1.54, 1.807) is 31.2 Å². The molecule has 9 nitrogen and oxygen atoms in total. The number of nitrogen functional groups attached to an aromatic ring is 1. The number of alkyl halides is 5. The Morgan fingerprint density at radius 1 is 1.12 bits per heavy atom. The minimum atomic E-state index is -5.72. The highest BCUT2D eigenvalue weighted by atomic mass is 35.5. The van der Waals surface area contributed by atoms with Crippen molar-refractivity contribution < 1.29 is 36.6 Å². The van der Waals surface area contributed by atoms with Crippen LogP contribution < -0.4 is 11.1 Å². The Labute approximate surface area is 239 Å². The monoisotopic (exact) mass is 608 g/mol. The van der Waals surface area contributed by atoms with E-state index in [1.807, 2.05) is 0 Å².